The van der Waals surface area contributed by atoms with Gasteiger partial charge >= 0.3 is 11.9 Å². The Bertz CT molecular complexity index is 311. The van der Waals surface area contributed by atoms with Crippen molar-refractivity contribution in [2.45, 2.75) is 39.7 Å². The van der Waals surface area contributed by atoms with Crippen LogP contribution in [0.1, 0.15) is 33.6 Å². The molecular weight excluding hydrogens is 226 g/mol. The molecule has 0 bridgehead atoms. The molecule has 0 spiro atoms. The van der Waals surface area contributed by atoms with Crippen LogP contribution in [0.4, 0.5) is 0 Å². The summed E-state index contributed by atoms with van der Waals surface area (Å²) in [6.45, 7) is 4.88. The second-order valence-corrected chi connectivity index (χ2v) is 4.72. The minimum Gasteiger partial charge on any atom is -0.481 e. The number of carboxylic acid groups (broad SMARTS) is 1. The topological polar surface area (TPSA) is 92.7 Å². The maximum absolute atomic E-state index is 11.6. The van der Waals surface area contributed by atoms with Crippen molar-refractivity contribution in [1.82, 2.24) is 5.32 Å². The number of ether oxygens (including phenoxy) is 1. The summed E-state index contributed by atoms with van der Waals surface area (Å²) in [6.07, 6.45) is -0.0618. The molecule has 0 saturated carbocycles. The number of methoxy groups -OCH3 is 1. The lowest BCUT2D eigenvalue weighted by atomic mass is 9.85. The van der Waals surface area contributed by atoms with Crippen LogP contribution in [0.15, 0.2) is 0 Å². The number of rotatable bonds is 6. The van der Waals surface area contributed by atoms with Gasteiger partial charge in [-0.15, -0.1) is 0 Å². The molecule has 0 aromatic rings. The van der Waals surface area contributed by atoms with E-state index in [1.54, 1.807) is 13.8 Å². The molecule has 0 aromatic heterocycles. The average Bonchev–Trinajstić information content (AvgIpc) is 2.12. The van der Waals surface area contributed by atoms with Gasteiger partial charge in [0.1, 0.15) is 6.04 Å². The van der Waals surface area contributed by atoms with Gasteiger partial charge in [-0.1, -0.05) is 13.8 Å². The van der Waals surface area contributed by atoms with E-state index in [2.05, 4.69) is 10.1 Å². The van der Waals surface area contributed by atoms with Crippen molar-refractivity contribution in [3.63, 3.8) is 0 Å². The molecule has 2 N–H and O–H groups in total. The van der Waals surface area contributed by atoms with Crippen molar-refractivity contribution in [1.29, 1.82) is 0 Å². The molecule has 0 aliphatic rings. The second-order valence-electron chi connectivity index (χ2n) is 4.72. The average molecular weight is 245 g/mol. The molecule has 1 atom stereocenters. The van der Waals surface area contributed by atoms with Crippen molar-refractivity contribution >= 4 is 17.8 Å². The number of hydrogen-bond acceptors (Lipinski definition) is 4. The van der Waals surface area contributed by atoms with Crippen molar-refractivity contribution < 1.29 is 24.2 Å². The molecule has 0 heterocycles. The predicted molar refractivity (Wildman–Crippen MR) is 60.3 cm³/mol. The first-order chi connectivity index (χ1) is 7.68. The Morgan fingerprint density at radius 2 is 1.82 bits per heavy atom. The molecule has 17 heavy (non-hydrogen) atoms. The van der Waals surface area contributed by atoms with Gasteiger partial charge in [0, 0.05) is 6.42 Å². The van der Waals surface area contributed by atoms with Gasteiger partial charge < -0.3 is 15.2 Å². The Morgan fingerprint density at radius 3 is 2.24 bits per heavy atom. The van der Waals surface area contributed by atoms with Crippen LogP contribution in [0.3, 0.4) is 0 Å². The van der Waals surface area contributed by atoms with Gasteiger partial charge in [0.15, 0.2) is 0 Å². The van der Waals surface area contributed by atoms with Crippen molar-refractivity contribution in [2.75, 3.05) is 7.11 Å². The minimum atomic E-state index is -0.955. The van der Waals surface area contributed by atoms with Crippen LogP contribution in [0.25, 0.3) is 0 Å². The molecule has 0 rings (SSSR count). The highest BCUT2D eigenvalue weighted by Gasteiger charge is 2.26. The van der Waals surface area contributed by atoms with Gasteiger partial charge in [0.2, 0.25) is 5.91 Å². The molecule has 0 aliphatic carbocycles. The van der Waals surface area contributed by atoms with E-state index in [0.29, 0.717) is 0 Å². The largest absolute Gasteiger partial charge is 0.481 e. The van der Waals surface area contributed by atoms with Crippen LogP contribution in [0.2, 0.25) is 0 Å². The number of nitrogens with one attached hydrogen (secondary N) is 1. The van der Waals surface area contributed by atoms with E-state index in [1.165, 1.54) is 14.0 Å². The molecule has 0 aromatic carbocycles. The summed E-state index contributed by atoms with van der Waals surface area (Å²) >= 11 is 0. The molecular formula is C11H19NO5. The Balaban J connectivity index is 4.26. The molecule has 6 heteroatoms. The predicted octanol–water partition coefficient (Wildman–Crippen LogP) is 0.555. The van der Waals surface area contributed by atoms with E-state index in [4.69, 9.17) is 5.11 Å². The van der Waals surface area contributed by atoms with Crippen molar-refractivity contribution in [3.05, 3.63) is 0 Å². The van der Waals surface area contributed by atoms with Crippen LogP contribution in [0, 0.1) is 5.41 Å². The zero-order chi connectivity index (χ0) is 13.6. The first-order valence-corrected chi connectivity index (χ1v) is 5.27. The molecule has 0 radical (unpaired) electrons. The van der Waals surface area contributed by atoms with Gasteiger partial charge in [0.25, 0.3) is 0 Å². The lowest BCUT2D eigenvalue weighted by Gasteiger charge is -2.22. The molecule has 0 fully saturated rings. The fourth-order valence-electron chi connectivity index (χ4n) is 1.43. The highest BCUT2D eigenvalue weighted by Crippen LogP contribution is 2.24. The molecule has 0 unspecified atom stereocenters. The maximum atomic E-state index is 11.6. The van der Waals surface area contributed by atoms with Crippen LogP contribution in [-0.2, 0) is 19.1 Å². The van der Waals surface area contributed by atoms with E-state index in [0.717, 1.165) is 0 Å². The number of carbonyl (C=O) groups is 3. The fourth-order valence-corrected chi connectivity index (χ4v) is 1.43. The van der Waals surface area contributed by atoms with E-state index < -0.39 is 23.4 Å². The molecule has 6 nitrogen and oxygen atoms in total. The Hall–Kier alpha value is -1.59. The minimum absolute atomic E-state index is 0.0423. The molecule has 0 saturated heterocycles. The lowest BCUT2D eigenvalue weighted by Crippen LogP contribution is -2.41. The van der Waals surface area contributed by atoms with Crippen LogP contribution >= 0.6 is 0 Å². The summed E-state index contributed by atoms with van der Waals surface area (Å²) in [5.74, 6) is -1.85. The molecule has 1 amide bonds. The number of esters is 1. The Kier molecular flexibility index (Phi) is 5.64. The summed E-state index contributed by atoms with van der Waals surface area (Å²) in [4.78, 5) is 33.2. The van der Waals surface area contributed by atoms with E-state index in [9.17, 15) is 14.4 Å². The van der Waals surface area contributed by atoms with Gasteiger partial charge in [0.05, 0.1) is 13.5 Å². The van der Waals surface area contributed by atoms with Crippen LogP contribution < -0.4 is 5.32 Å². The first kappa shape index (κ1) is 15.4. The SMILES string of the molecule is COC(=O)[C@H](C)NC(=O)CC(C)(C)CC(=O)O. The van der Waals surface area contributed by atoms with Crippen molar-refractivity contribution in [3.8, 4) is 0 Å². The summed E-state index contributed by atoms with van der Waals surface area (Å²) in [7, 11) is 1.24. The summed E-state index contributed by atoms with van der Waals surface area (Å²) in [6, 6.07) is -0.729. The monoisotopic (exact) mass is 245 g/mol. The van der Waals surface area contributed by atoms with E-state index >= 15 is 0 Å². The fraction of sp³-hybridized carbons (Fsp3) is 0.727. The Labute approximate surface area is 100 Å². The van der Waals surface area contributed by atoms with Crippen LogP contribution in [-0.4, -0.2) is 36.1 Å². The third-order valence-electron chi connectivity index (χ3n) is 2.20. The standard InChI is InChI=1S/C11H19NO5/c1-7(10(16)17-4)12-8(13)5-11(2,3)6-9(14)15/h7H,5-6H2,1-4H3,(H,12,13)(H,14,15)/t7-/m0/s1. The van der Waals surface area contributed by atoms with E-state index in [1.807, 2.05) is 0 Å². The van der Waals surface area contributed by atoms with E-state index in [-0.39, 0.29) is 18.7 Å². The number of amides is 1. The maximum Gasteiger partial charge on any atom is 0.328 e. The summed E-state index contributed by atoms with van der Waals surface area (Å²) in [5.41, 5.74) is -0.647. The van der Waals surface area contributed by atoms with Crippen molar-refractivity contribution in [2.24, 2.45) is 5.41 Å². The van der Waals surface area contributed by atoms with Gasteiger partial charge in [-0.3, -0.25) is 9.59 Å². The second kappa shape index (κ2) is 6.22. The molecule has 0 aliphatic heterocycles. The number of carboxylic acids is 1. The van der Waals surface area contributed by atoms with Gasteiger partial charge in [-0.05, 0) is 12.3 Å². The highest BCUT2D eigenvalue weighted by atomic mass is 16.5. The smallest absolute Gasteiger partial charge is 0.328 e. The highest BCUT2D eigenvalue weighted by molar-refractivity contribution is 5.84. The van der Waals surface area contributed by atoms with Gasteiger partial charge in [-0.2, -0.15) is 0 Å². The third-order valence-corrected chi connectivity index (χ3v) is 2.20. The van der Waals surface area contributed by atoms with Gasteiger partial charge in [-0.25, -0.2) is 4.79 Å². The Morgan fingerprint density at radius 1 is 1.29 bits per heavy atom. The molecule has 98 valence electrons. The first-order valence-electron chi connectivity index (χ1n) is 5.27. The quantitative estimate of drug-likeness (QED) is 0.667. The zero-order valence-electron chi connectivity index (χ0n) is 10.6. The number of hydrogen-bond donors (Lipinski definition) is 2. The lowest BCUT2D eigenvalue weighted by molar-refractivity contribution is -0.145. The summed E-state index contributed by atoms with van der Waals surface area (Å²) < 4.78 is 4.46. The normalized spacial score (nSPS) is 12.7. The summed E-state index contributed by atoms with van der Waals surface area (Å²) in [5, 5.41) is 11.1. The third kappa shape index (κ3) is 6.55. The number of carbonyl (C=O) groups excluding carboxylic acids is 2. The zero-order valence-corrected chi connectivity index (χ0v) is 10.6. The van der Waals surface area contributed by atoms with Crippen LogP contribution in [0.5, 0.6) is 0 Å². The number of aliphatic carboxylic acids is 1.